The van der Waals surface area contributed by atoms with Crippen molar-refractivity contribution in [3.8, 4) is 5.88 Å². The Morgan fingerprint density at radius 1 is 1.28 bits per heavy atom. The Balaban J connectivity index is 0.00000420. The maximum atomic E-state index is 13.8. The van der Waals surface area contributed by atoms with Crippen molar-refractivity contribution in [1.29, 1.82) is 0 Å². The molecule has 1 atom stereocenters. The average Bonchev–Trinajstić information content (AvgIpc) is 2.65. The van der Waals surface area contributed by atoms with Gasteiger partial charge < -0.3 is 15.4 Å². The van der Waals surface area contributed by atoms with Crippen LogP contribution in [0.25, 0.3) is 0 Å². The quantitative estimate of drug-likeness (QED) is 0.252. The lowest BCUT2D eigenvalue weighted by molar-refractivity contribution is -0.154. The van der Waals surface area contributed by atoms with Crippen LogP contribution in [0.5, 0.6) is 5.88 Å². The van der Waals surface area contributed by atoms with Gasteiger partial charge in [-0.25, -0.2) is 9.37 Å². The largest absolute Gasteiger partial charge is 0.468 e. The molecule has 0 aliphatic carbocycles. The molecule has 1 heterocycles. The topological polar surface area (TPSA) is 58.5 Å². The summed E-state index contributed by atoms with van der Waals surface area (Å²) in [5.74, 6) is 0.00597. The van der Waals surface area contributed by atoms with Crippen LogP contribution in [0.1, 0.15) is 29.7 Å². The van der Waals surface area contributed by atoms with E-state index in [2.05, 4.69) is 20.6 Å². The summed E-state index contributed by atoms with van der Waals surface area (Å²) in [7, 11) is 1.56. The van der Waals surface area contributed by atoms with Gasteiger partial charge in [0.05, 0.1) is 6.04 Å². The highest BCUT2D eigenvalue weighted by Gasteiger charge is 2.29. The van der Waals surface area contributed by atoms with Crippen molar-refractivity contribution in [2.24, 2.45) is 4.99 Å². The van der Waals surface area contributed by atoms with E-state index in [9.17, 15) is 17.6 Å². The molecule has 0 aliphatic rings. The number of guanidine groups is 1. The molecule has 0 aliphatic heterocycles. The Morgan fingerprint density at radius 3 is 2.62 bits per heavy atom. The average molecular weight is 526 g/mol. The van der Waals surface area contributed by atoms with Crippen molar-refractivity contribution in [1.82, 2.24) is 15.6 Å². The summed E-state index contributed by atoms with van der Waals surface area (Å²) >= 11 is 0. The van der Waals surface area contributed by atoms with Crippen molar-refractivity contribution in [3.63, 3.8) is 0 Å². The van der Waals surface area contributed by atoms with Crippen LogP contribution >= 0.6 is 24.0 Å². The number of hydrogen-bond donors (Lipinski definition) is 2. The lowest BCUT2D eigenvalue weighted by Gasteiger charge is -2.19. The van der Waals surface area contributed by atoms with Gasteiger partial charge in [0.25, 0.3) is 0 Å². The predicted molar refractivity (Wildman–Crippen MR) is 114 cm³/mol. The lowest BCUT2D eigenvalue weighted by atomic mass is 10.1. The van der Waals surface area contributed by atoms with Crippen molar-refractivity contribution >= 4 is 29.9 Å². The summed E-state index contributed by atoms with van der Waals surface area (Å²) < 4.78 is 55.6. The Hall–Kier alpha value is -2.11. The highest BCUT2D eigenvalue weighted by Crippen LogP contribution is 2.20. The smallest absolute Gasteiger partial charge is 0.422 e. The minimum absolute atomic E-state index is 0. The maximum Gasteiger partial charge on any atom is 0.422 e. The minimum atomic E-state index is -4.45. The molecule has 0 bridgehead atoms. The number of ether oxygens (including phenoxy) is 1. The first-order valence-electron chi connectivity index (χ1n) is 8.56. The third-order valence-electron chi connectivity index (χ3n) is 3.94. The van der Waals surface area contributed by atoms with Crippen LogP contribution in [-0.2, 0) is 6.54 Å². The second-order valence-corrected chi connectivity index (χ2v) is 6.17. The third kappa shape index (κ3) is 8.03. The molecule has 0 radical (unpaired) electrons. The number of benzene rings is 1. The van der Waals surface area contributed by atoms with E-state index in [1.165, 1.54) is 12.3 Å². The molecule has 1 aromatic heterocycles. The van der Waals surface area contributed by atoms with E-state index < -0.39 is 12.8 Å². The number of nitrogens with one attached hydrogen (secondary N) is 2. The third-order valence-corrected chi connectivity index (χ3v) is 3.94. The SMILES string of the molecule is CN=C(NCc1cccnc1OCC(F)(F)F)NC(C)c1ccc(C)c(F)c1.I. The molecular weight excluding hydrogens is 503 g/mol. The van der Waals surface area contributed by atoms with Crippen molar-refractivity contribution in [3.05, 3.63) is 59.0 Å². The van der Waals surface area contributed by atoms with Gasteiger partial charge in [0.15, 0.2) is 12.6 Å². The van der Waals surface area contributed by atoms with Gasteiger partial charge in [0.2, 0.25) is 5.88 Å². The number of rotatable bonds is 6. The van der Waals surface area contributed by atoms with Crippen molar-refractivity contribution in [2.75, 3.05) is 13.7 Å². The van der Waals surface area contributed by atoms with E-state index in [1.54, 1.807) is 32.2 Å². The standard InChI is InChI=1S/C19H22F4N4O.HI/c1-12-6-7-14(9-16(12)20)13(2)27-18(24-3)26-10-15-5-4-8-25-17(15)28-11-19(21,22)23;/h4-9,13H,10-11H2,1-3H3,(H2,24,26,27);1H. The van der Waals surface area contributed by atoms with Crippen LogP contribution in [0.4, 0.5) is 17.6 Å². The van der Waals surface area contributed by atoms with Crippen molar-refractivity contribution in [2.45, 2.75) is 32.6 Å². The zero-order valence-electron chi connectivity index (χ0n) is 16.2. The number of hydrogen-bond acceptors (Lipinski definition) is 3. The normalized spacial score (nSPS) is 12.7. The molecule has 0 spiro atoms. The molecule has 2 rings (SSSR count). The van der Waals surface area contributed by atoms with Gasteiger partial charge in [0, 0.05) is 25.4 Å². The van der Waals surface area contributed by atoms with Crippen molar-refractivity contribution < 1.29 is 22.3 Å². The van der Waals surface area contributed by atoms with Crippen LogP contribution in [-0.4, -0.2) is 30.8 Å². The molecule has 0 saturated carbocycles. The fourth-order valence-corrected chi connectivity index (χ4v) is 2.38. The van der Waals surface area contributed by atoms with Gasteiger partial charge >= 0.3 is 6.18 Å². The Kier molecular flexibility index (Phi) is 9.60. The number of aryl methyl sites for hydroxylation is 1. The molecule has 0 fully saturated rings. The number of nitrogens with zero attached hydrogens (tertiary/aromatic N) is 2. The summed E-state index contributed by atoms with van der Waals surface area (Å²) in [4.78, 5) is 7.93. The summed E-state index contributed by atoms with van der Waals surface area (Å²) in [5, 5.41) is 6.10. The first kappa shape index (κ1) is 24.9. The maximum absolute atomic E-state index is 13.8. The number of aliphatic imine (C=N–C) groups is 1. The molecule has 2 aromatic rings. The van der Waals surface area contributed by atoms with E-state index in [4.69, 9.17) is 4.74 Å². The molecular formula is C19H23F4IN4O. The molecule has 10 heteroatoms. The predicted octanol–water partition coefficient (Wildman–Crippen LogP) is 4.51. The molecule has 160 valence electrons. The Bertz CT molecular complexity index is 830. The van der Waals surface area contributed by atoms with Gasteiger partial charge in [-0.2, -0.15) is 13.2 Å². The van der Waals surface area contributed by atoms with Gasteiger partial charge in [-0.15, -0.1) is 24.0 Å². The van der Waals surface area contributed by atoms with Crippen LogP contribution in [0.15, 0.2) is 41.5 Å². The molecule has 2 N–H and O–H groups in total. The summed E-state index contributed by atoms with van der Waals surface area (Å²) in [6.45, 7) is 2.26. The number of aromatic nitrogens is 1. The second-order valence-electron chi connectivity index (χ2n) is 6.17. The fraction of sp³-hybridized carbons (Fsp3) is 0.368. The van der Waals surface area contributed by atoms with E-state index in [0.717, 1.165) is 5.56 Å². The highest BCUT2D eigenvalue weighted by molar-refractivity contribution is 14.0. The van der Waals surface area contributed by atoms with Crippen LogP contribution in [0, 0.1) is 12.7 Å². The number of pyridine rings is 1. The van der Waals surface area contributed by atoms with Gasteiger partial charge in [-0.05, 0) is 37.1 Å². The fourth-order valence-electron chi connectivity index (χ4n) is 2.38. The Labute approximate surface area is 184 Å². The van der Waals surface area contributed by atoms with Crippen LogP contribution in [0.2, 0.25) is 0 Å². The number of halogens is 5. The van der Waals surface area contributed by atoms with Gasteiger partial charge in [-0.3, -0.25) is 4.99 Å². The molecule has 0 saturated heterocycles. The van der Waals surface area contributed by atoms with E-state index in [-0.39, 0.29) is 48.3 Å². The monoisotopic (exact) mass is 526 g/mol. The first-order valence-corrected chi connectivity index (χ1v) is 8.56. The molecule has 1 aromatic carbocycles. The van der Waals surface area contributed by atoms with E-state index in [1.807, 2.05) is 13.0 Å². The van der Waals surface area contributed by atoms with E-state index in [0.29, 0.717) is 17.1 Å². The lowest BCUT2D eigenvalue weighted by Crippen LogP contribution is -2.38. The van der Waals surface area contributed by atoms with Gasteiger partial charge in [-0.1, -0.05) is 18.2 Å². The summed E-state index contributed by atoms with van der Waals surface area (Å²) in [5.41, 5.74) is 1.74. The second kappa shape index (κ2) is 11.2. The van der Waals surface area contributed by atoms with Crippen LogP contribution in [0.3, 0.4) is 0 Å². The minimum Gasteiger partial charge on any atom is -0.468 e. The van der Waals surface area contributed by atoms with Gasteiger partial charge in [0.1, 0.15) is 5.82 Å². The molecule has 29 heavy (non-hydrogen) atoms. The highest BCUT2D eigenvalue weighted by atomic mass is 127. The summed E-state index contributed by atoms with van der Waals surface area (Å²) in [6.07, 6.45) is -3.09. The van der Waals surface area contributed by atoms with E-state index >= 15 is 0 Å². The molecule has 1 unspecified atom stereocenters. The molecule has 0 amide bonds. The summed E-state index contributed by atoms with van der Waals surface area (Å²) in [6, 6.07) is 7.93. The molecule has 5 nitrogen and oxygen atoms in total. The van der Waals surface area contributed by atoms with Crippen LogP contribution < -0.4 is 15.4 Å². The Morgan fingerprint density at radius 2 is 2.00 bits per heavy atom. The first-order chi connectivity index (χ1) is 13.2. The number of alkyl halides is 3. The zero-order chi connectivity index (χ0) is 20.7. The zero-order valence-corrected chi connectivity index (χ0v) is 18.5.